The number of nitrogens with zero attached hydrogens (tertiary/aromatic N) is 4. The summed E-state index contributed by atoms with van der Waals surface area (Å²) in [5.74, 6) is -0.0747. The number of halogens is 1. The van der Waals surface area contributed by atoms with E-state index in [2.05, 4.69) is 4.98 Å². The molecule has 2 aromatic heterocycles. The molecule has 2 amide bonds. The van der Waals surface area contributed by atoms with Crippen molar-refractivity contribution in [3.05, 3.63) is 83.0 Å². The van der Waals surface area contributed by atoms with E-state index < -0.39 is 10.3 Å². The lowest BCUT2D eigenvalue weighted by Gasteiger charge is -2.42. The smallest absolute Gasteiger partial charge is 0.254 e. The molecule has 5 heterocycles. The van der Waals surface area contributed by atoms with Gasteiger partial charge in [0.25, 0.3) is 5.91 Å². The number of rotatable bonds is 3. The van der Waals surface area contributed by atoms with Crippen molar-refractivity contribution in [2.75, 3.05) is 25.5 Å². The van der Waals surface area contributed by atoms with E-state index in [0.29, 0.717) is 21.6 Å². The highest BCUT2D eigenvalue weighted by Crippen LogP contribution is 2.66. The average Bonchev–Trinajstić information content (AvgIpc) is 3.57. The molecular formula is C25H21ClN4O3S2. The van der Waals surface area contributed by atoms with E-state index in [1.54, 1.807) is 47.6 Å². The number of hydrogen-bond acceptors (Lipinski definition) is 7. The van der Waals surface area contributed by atoms with Crippen molar-refractivity contribution >= 4 is 57.4 Å². The molecule has 178 valence electrons. The maximum atomic E-state index is 14.6. The van der Waals surface area contributed by atoms with Crippen molar-refractivity contribution in [3.63, 3.8) is 0 Å². The maximum absolute atomic E-state index is 14.6. The highest BCUT2D eigenvalue weighted by molar-refractivity contribution is 8.25. The van der Waals surface area contributed by atoms with E-state index in [4.69, 9.17) is 28.2 Å². The second-order valence-corrected chi connectivity index (χ2v) is 11.3. The fraction of sp³-hybridized carbons (Fsp3) is 0.280. The molecule has 3 aliphatic heterocycles. The highest BCUT2D eigenvalue weighted by Gasteiger charge is 2.78. The van der Waals surface area contributed by atoms with E-state index in [1.165, 1.54) is 11.8 Å². The molecule has 2 fully saturated rings. The quantitative estimate of drug-likeness (QED) is 0.479. The number of likely N-dealkylation sites (tertiary alicyclic amines) is 1. The summed E-state index contributed by atoms with van der Waals surface area (Å²) in [6.45, 7) is 0.681. The molecule has 3 aromatic rings. The van der Waals surface area contributed by atoms with Crippen molar-refractivity contribution in [3.8, 4) is 0 Å². The molecule has 3 aliphatic rings. The first-order valence-corrected chi connectivity index (χ1v) is 12.7. The van der Waals surface area contributed by atoms with Crippen LogP contribution < -0.4 is 4.90 Å². The summed E-state index contributed by atoms with van der Waals surface area (Å²) in [5, 5.41) is 0.507. The van der Waals surface area contributed by atoms with E-state index in [-0.39, 0.29) is 24.3 Å². The van der Waals surface area contributed by atoms with Crippen LogP contribution in [0.4, 0.5) is 5.69 Å². The minimum Gasteiger partial charge on any atom is -0.467 e. The fourth-order valence-corrected chi connectivity index (χ4v) is 8.26. The summed E-state index contributed by atoms with van der Waals surface area (Å²) in [5.41, 5.74) is 1.10. The number of furan rings is 1. The zero-order chi connectivity index (χ0) is 24.5. The van der Waals surface area contributed by atoms with Crippen molar-refractivity contribution < 1.29 is 14.0 Å². The molecule has 1 aromatic carbocycles. The van der Waals surface area contributed by atoms with Gasteiger partial charge in [0, 0.05) is 48.2 Å². The fourth-order valence-electron chi connectivity index (χ4n) is 5.96. The van der Waals surface area contributed by atoms with Crippen LogP contribution in [-0.2, 0) is 21.7 Å². The lowest BCUT2D eigenvalue weighted by atomic mass is 9.72. The number of carbonyl (C=O) groups is 2. The second kappa shape index (κ2) is 7.89. The Hall–Kier alpha value is -2.72. The molecule has 0 unspecified atom stereocenters. The van der Waals surface area contributed by atoms with Crippen LogP contribution in [0.1, 0.15) is 22.8 Å². The van der Waals surface area contributed by atoms with Crippen molar-refractivity contribution in [1.82, 2.24) is 14.8 Å². The maximum Gasteiger partial charge on any atom is 0.254 e. The van der Waals surface area contributed by atoms with Crippen LogP contribution in [0.15, 0.2) is 65.5 Å². The minimum atomic E-state index is -1.29. The molecule has 0 N–H and O–H groups in total. The number of hydrogen-bond donors (Lipinski definition) is 0. The Labute approximate surface area is 217 Å². The van der Waals surface area contributed by atoms with Gasteiger partial charge in [-0.2, -0.15) is 0 Å². The van der Waals surface area contributed by atoms with Gasteiger partial charge in [0.2, 0.25) is 5.91 Å². The Morgan fingerprint density at radius 3 is 2.66 bits per heavy atom. The summed E-state index contributed by atoms with van der Waals surface area (Å²) in [4.78, 5) is 38.3. The SMILES string of the molecule is CN1C(=O)[C@@]2(c3cc(Cl)ccc31)N(C)C[C@@H](c1ccncc1)[C@@]21SC(=S)N(Cc2ccco2)C1=O. The number of amides is 2. The molecule has 6 rings (SSSR count). The van der Waals surface area contributed by atoms with Gasteiger partial charge >= 0.3 is 0 Å². The molecule has 0 bridgehead atoms. The lowest BCUT2D eigenvalue weighted by Crippen LogP contribution is -2.62. The molecule has 2 spiro atoms. The van der Waals surface area contributed by atoms with Crippen LogP contribution >= 0.6 is 35.6 Å². The molecule has 7 nitrogen and oxygen atoms in total. The number of benzene rings is 1. The Balaban J connectivity index is 1.62. The number of thioether (sulfide) groups is 1. The van der Waals surface area contributed by atoms with Crippen molar-refractivity contribution in [2.45, 2.75) is 22.7 Å². The summed E-state index contributed by atoms with van der Waals surface area (Å²) < 4.78 is 4.71. The van der Waals surface area contributed by atoms with E-state index in [9.17, 15) is 9.59 Å². The van der Waals surface area contributed by atoms with Gasteiger partial charge in [0.1, 0.15) is 14.8 Å². The monoisotopic (exact) mass is 524 g/mol. The standard InChI is InChI=1S/C25H21ClN4O3S2/c1-28-14-19(15-7-9-27-10-8-15)25(22(32)30(23(34)35-25)13-17-4-3-11-33-17)24(28)18-12-16(26)5-6-20(18)29(2)21(24)31/h3-12,19H,13-14H2,1-2H3/t19-,24+,25-/m0/s1. The van der Waals surface area contributed by atoms with Crippen LogP contribution in [0.2, 0.25) is 5.02 Å². The highest BCUT2D eigenvalue weighted by atomic mass is 35.5. The molecule has 0 aliphatic carbocycles. The first-order valence-electron chi connectivity index (χ1n) is 11.1. The van der Waals surface area contributed by atoms with Gasteiger partial charge in [-0.25, -0.2) is 0 Å². The van der Waals surface area contributed by atoms with Crippen LogP contribution in [0, 0.1) is 0 Å². The Bertz CT molecular complexity index is 1370. The molecule has 3 atom stereocenters. The third kappa shape index (κ3) is 2.83. The van der Waals surface area contributed by atoms with Gasteiger partial charge in [0.15, 0.2) is 5.54 Å². The number of anilines is 1. The summed E-state index contributed by atoms with van der Waals surface area (Å²) in [6, 6.07) is 12.8. The minimum absolute atomic E-state index is 0.169. The molecule has 35 heavy (non-hydrogen) atoms. The third-order valence-electron chi connectivity index (χ3n) is 7.42. The predicted molar refractivity (Wildman–Crippen MR) is 138 cm³/mol. The molecular weight excluding hydrogens is 504 g/mol. The van der Waals surface area contributed by atoms with Crippen LogP contribution in [0.5, 0.6) is 0 Å². The van der Waals surface area contributed by atoms with Crippen LogP contribution in [0.3, 0.4) is 0 Å². The first-order chi connectivity index (χ1) is 16.8. The Morgan fingerprint density at radius 1 is 1.17 bits per heavy atom. The summed E-state index contributed by atoms with van der Waals surface area (Å²) in [7, 11) is 3.64. The van der Waals surface area contributed by atoms with Gasteiger partial charge < -0.3 is 9.32 Å². The number of aromatic nitrogens is 1. The predicted octanol–water partition coefficient (Wildman–Crippen LogP) is 4.03. The van der Waals surface area contributed by atoms with E-state index >= 15 is 0 Å². The van der Waals surface area contributed by atoms with Gasteiger partial charge in [-0.1, -0.05) is 35.6 Å². The topological polar surface area (TPSA) is 69.9 Å². The third-order valence-corrected chi connectivity index (χ3v) is 9.59. The Morgan fingerprint density at radius 2 is 1.94 bits per heavy atom. The summed E-state index contributed by atoms with van der Waals surface area (Å²) >= 11 is 13.6. The second-order valence-electron chi connectivity index (χ2n) is 9.02. The van der Waals surface area contributed by atoms with E-state index in [1.807, 2.05) is 42.3 Å². The zero-order valence-electron chi connectivity index (χ0n) is 19.0. The average molecular weight is 525 g/mol. The molecule has 0 saturated carbocycles. The van der Waals surface area contributed by atoms with Gasteiger partial charge in [-0.05, 0) is 55.1 Å². The zero-order valence-corrected chi connectivity index (χ0v) is 21.4. The molecule has 10 heteroatoms. The number of pyridine rings is 1. The number of carbonyl (C=O) groups excluding carboxylic acids is 2. The molecule has 2 saturated heterocycles. The van der Waals surface area contributed by atoms with Crippen LogP contribution in [0.25, 0.3) is 0 Å². The normalized spacial score (nSPS) is 28.2. The first kappa shape index (κ1) is 22.7. The number of thiocarbonyl (C=S) groups is 1. The van der Waals surface area contributed by atoms with Crippen molar-refractivity contribution in [1.29, 1.82) is 0 Å². The van der Waals surface area contributed by atoms with Gasteiger partial charge in [-0.3, -0.25) is 24.4 Å². The number of likely N-dealkylation sites (N-methyl/N-ethyl adjacent to an activating group) is 2. The summed E-state index contributed by atoms with van der Waals surface area (Å²) in [6.07, 6.45) is 5.00. The lowest BCUT2D eigenvalue weighted by molar-refractivity contribution is -0.139. The number of fused-ring (bicyclic) bond motifs is 3. The van der Waals surface area contributed by atoms with Gasteiger partial charge in [0.05, 0.1) is 12.8 Å². The Kier molecular flexibility index (Phi) is 5.12. The van der Waals surface area contributed by atoms with Gasteiger partial charge in [-0.15, -0.1) is 0 Å². The molecule has 0 radical (unpaired) electrons. The van der Waals surface area contributed by atoms with E-state index in [0.717, 1.165) is 16.8 Å². The van der Waals surface area contributed by atoms with Crippen LogP contribution in [-0.4, -0.2) is 56.3 Å². The largest absolute Gasteiger partial charge is 0.467 e. The van der Waals surface area contributed by atoms with Crippen molar-refractivity contribution in [2.24, 2.45) is 0 Å².